The van der Waals surface area contributed by atoms with Gasteiger partial charge in [-0.2, -0.15) is 17.5 Å². The van der Waals surface area contributed by atoms with E-state index in [0.29, 0.717) is 25.2 Å². The van der Waals surface area contributed by atoms with E-state index in [2.05, 4.69) is 5.32 Å². The molecule has 158 valence electrons. The number of aryl methyl sites for hydroxylation is 1. The third-order valence-corrected chi connectivity index (χ3v) is 6.56. The average Bonchev–Trinajstić information content (AvgIpc) is 3.06. The fraction of sp³-hybridized carbons (Fsp3) is 0.389. The van der Waals surface area contributed by atoms with Gasteiger partial charge >= 0.3 is 6.18 Å². The maximum Gasteiger partial charge on any atom is 0.419 e. The van der Waals surface area contributed by atoms with E-state index in [4.69, 9.17) is 0 Å². The highest BCUT2D eigenvalue weighted by Gasteiger charge is 2.34. The SMILES string of the molecule is Cn1cc(S(=O)(=O)N2CCCCC2)cc1C(=O)Nc1ccc(F)c(C(F)(F)F)c1. The number of carbonyl (C=O) groups is 1. The van der Waals surface area contributed by atoms with Crippen LogP contribution in [0.4, 0.5) is 23.2 Å². The lowest BCUT2D eigenvalue weighted by Gasteiger charge is -2.25. The number of carbonyl (C=O) groups excluding carboxylic acids is 1. The number of anilines is 1. The zero-order chi connectivity index (χ0) is 21.4. The molecule has 0 bridgehead atoms. The number of hydrogen-bond donors (Lipinski definition) is 1. The van der Waals surface area contributed by atoms with Crippen molar-refractivity contribution in [1.82, 2.24) is 8.87 Å². The monoisotopic (exact) mass is 433 g/mol. The van der Waals surface area contributed by atoms with Crippen LogP contribution in [0.2, 0.25) is 0 Å². The Labute approximate surface area is 165 Å². The van der Waals surface area contributed by atoms with Gasteiger partial charge in [-0.05, 0) is 37.1 Å². The van der Waals surface area contributed by atoms with Gasteiger partial charge in [0.15, 0.2) is 0 Å². The van der Waals surface area contributed by atoms with E-state index < -0.39 is 33.5 Å². The van der Waals surface area contributed by atoms with E-state index >= 15 is 0 Å². The van der Waals surface area contributed by atoms with Crippen molar-refractivity contribution >= 4 is 21.6 Å². The first kappa shape index (κ1) is 21.3. The fourth-order valence-corrected chi connectivity index (χ4v) is 4.76. The van der Waals surface area contributed by atoms with Gasteiger partial charge in [0.25, 0.3) is 5.91 Å². The van der Waals surface area contributed by atoms with Crippen molar-refractivity contribution in [3.63, 3.8) is 0 Å². The van der Waals surface area contributed by atoms with Gasteiger partial charge in [0.2, 0.25) is 10.0 Å². The van der Waals surface area contributed by atoms with Crippen LogP contribution in [-0.4, -0.2) is 36.3 Å². The summed E-state index contributed by atoms with van der Waals surface area (Å²) >= 11 is 0. The summed E-state index contributed by atoms with van der Waals surface area (Å²) < 4.78 is 80.0. The zero-order valence-electron chi connectivity index (χ0n) is 15.5. The normalized spacial score (nSPS) is 16.0. The Morgan fingerprint density at radius 2 is 1.76 bits per heavy atom. The minimum Gasteiger partial charge on any atom is -0.345 e. The topological polar surface area (TPSA) is 71.4 Å². The fourth-order valence-electron chi connectivity index (χ4n) is 3.17. The lowest BCUT2D eigenvalue weighted by molar-refractivity contribution is -0.139. The summed E-state index contributed by atoms with van der Waals surface area (Å²) in [5.41, 5.74) is -1.82. The number of hydrogen-bond acceptors (Lipinski definition) is 3. The predicted octanol–water partition coefficient (Wildman–Crippen LogP) is 3.61. The molecule has 3 rings (SSSR count). The second-order valence-electron chi connectivity index (χ2n) is 6.78. The summed E-state index contributed by atoms with van der Waals surface area (Å²) in [6, 6.07) is 3.27. The maximum atomic E-state index is 13.4. The second-order valence-corrected chi connectivity index (χ2v) is 8.72. The number of halogens is 4. The minimum atomic E-state index is -4.91. The molecule has 1 aliphatic rings. The molecule has 0 radical (unpaired) electrons. The number of benzene rings is 1. The summed E-state index contributed by atoms with van der Waals surface area (Å²) in [5.74, 6) is -2.27. The summed E-state index contributed by atoms with van der Waals surface area (Å²) in [6.45, 7) is 0.795. The highest BCUT2D eigenvalue weighted by Crippen LogP contribution is 2.33. The van der Waals surface area contributed by atoms with Gasteiger partial charge in [0, 0.05) is 32.0 Å². The Hall–Kier alpha value is -2.40. The van der Waals surface area contributed by atoms with Crippen molar-refractivity contribution in [3.05, 3.63) is 47.5 Å². The number of rotatable bonds is 4. The van der Waals surface area contributed by atoms with Gasteiger partial charge in [0.05, 0.1) is 5.56 Å². The first-order valence-corrected chi connectivity index (χ1v) is 10.3. The molecule has 2 heterocycles. The first-order valence-electron chi connectivity index (χ1n) is 8.85. The Morgan fingerprint density at radius 3 is 2.38 bits per heavy atom. The van der Waals surface area contributed by atoms with Crippen LogP contribution in [0, 0.1) is 5.82 Å². The lowest BCUT2D eigenvalue weighted by Crippen LogP contribution is -2.35. The average molecular weight is 433 g/mol. The third kappa shape index (κ3) is 4.45. The predicted molar refractivity (Wildman–Crippen MR) is 97.4 cm³/mol. The van der Waals surface area contributed by atoms with Crippen molar-refractivity contribution in [2.24, 2.45) is 7.05 Å². The van der Waals surface area contributed by atoms with Crippen molar-refractivity contribution in [2.45, 2.75) is 30.3 Å². The van der Waals surface area contributed by atoms with Gasteiger partial charge in [-0.3, -0.25) is 4.79 Å². The Morgan fingerprint density at radius 1 is 1.10 bits per heavy atom. The number of nitrogens with one attached hydrogen (secondary N) is 1. The maximum absolute atomic E-state index is 13.4. The van der Waals surface area contributed by atoms with Crippen LogP contribution < -0.4 is 5.32 Å². The Kier molecular flexibility index (Phi) is 5.72. The molecule has 1 amide bonds. The highest BCUT2D eigenvalue weighted by atomic mass is 32.2. The Balaban J connectivity index is 1.84. The van der Waals surface area contributed by atoms with E-state index in [1.165, 1.54) is 28.2 Å². The molecule has 0 spiro atoms. The molecule has 1 N–H and O–H groups in total. The first-order chi connectivity index (χ1) is 13.5. The number of piperidine rings is 1. The molecular formula is C18H19F4N3O3S. The molecule has 0 unspecified atom stereocenters. The van der Waals surface area contributed by atoms with Crippen LogP contribution >= 0.6 is 0 Å². The van der Waals surface area contributed by atoms with Crippen molar-refractivity contribution in [3.8, 4) is 0 Å². The molecular weight excluding hydrogens is 414 g/mol. The Bertz CT molecular complexity index is 1030. The van der Waals surface area contributed by atoms with E-state index in [1.807, 2.05) is 0 Å². The molecule has 11 heteroatoms. The van der Waals surface area contributed by atoms with E-state index in [0.717, 1.165) is 25.3 Å². The van der Waals surface area contributed by atoms with Crippen LogP contribution in [0.25, 0.3) is 0 Å². The molecule has 1 aliphatic heterocycles. The molecule has 1 fully saturated rings. The van der Waals surface area contributed by atoms with E-state index in [1.54, 1.807) is 0 Å². The lowest BCUT2D eigenvalue weighted by atomic mass is 10.1. The largest absolute Gasteiger partial charge is 0.419 e. The molecule has 0 saturated carbocycles. The van der Waals surface area contributed by atoms with Crippen LogP contribution in [0.5, 0.6) is 0 Å². The smallest absolute Gasteiger partial charge is 0.345 e. The van der Waals surface area contributed by atoms with Gasteiger partial charge in [-0.1, -0.05) is 6.42 Å². The quantitative estimate of drug-likeness (QED) is 0.749. The zero-order valence-corrected chi connectivity index (χ0v) is 16.3. The number of aromatic nitrogens is 1. The van der Waals surface area contributed by atoms with Crippen LogP contribution in [0.1, 0.15) is 35.3 Å². The molecule has 1 aromatic heterocycles. The van der Waals surface area contributed by atoms with Crippen LogP contribution in [0.15, 0.2) is 35.4 Å². The van der Waals surface area contributed by atoms with Crippen molar-refractivity contribution < 1.29 is 30.8 Å². The number of amides is 1. The molecule has 1 aromatic carbocycles. The summed E-state index contributed by atoms with van der Waals surface area (Å²) in [4.78, 5) is 12.4. The molecule has 1 saturated heterocycles. The van der Waals surface area contributed by atoms with Crippen LogP contribution in [0.3, 0.4) is 0 Å². The highest BCUT2D eigenvalue weighted by molar-refractivity contribution is 7.89. The van der Waals surface area contributed by atoms with E-state index in [-0.39, 0.29) is 16.3 Å². The van der Waals surface area contributed by atoms with Crippen molar-refractivity contribution in [2.75, 3.05) is 18.4 Å². The molecule has 0 aliphatic carbocycles. The van der Waals surface area contributed by atoms with Gasteiger partial charge < -0.3 is 9.88 Å². The van der Waals surface area contributed by atoms with Gasteiger partial charge in [-0.25, -0.2) is 12.8 Å². The molecule has 29 heavy (non-hydrogen) atoms. The molecule has 0 atom stereocenters. The minimum absolute atomic E-state index is 0.0570. The number of sulfonamides is 1. The van der Waals surface area contributed by atoms with E-state index in [9.17, 15) is 30.8 Å². The number of alkyl halides is 3. The summed E-state index contributed by atoms with van der Waals surface area (Å²) in [5, 5.41) is 2.25. The molecule has 2 aromatic rings. The summed E-state index contributed by atoms with van der Waals surface area (Å²) in [7, 11) is -2.31. The van der Waals surface area contributed by atoms with Crippen LogP contribution in [-0.2, 0) is 23.2 Å². The standard InChI is InChI=1S/C18H19F4N3O3S/c1-24-11-13(29(27,28)25-7-3-2-4-8-25)10-16(24)17(26)23-12-5-6-15(19)14(9-12)18(20,21)22/h5-6,9-11H,2-4,7-8H2,1H3,(H,23,26). The third-order valence-electron chi connectivity index (χ3n) is 4.69. The second kappa shape index (κ2) is 7.79. The number of nitrogens with zero attached hydrogens (tertiary/aromatic N) is 2. The van der Waals surface area contributed by atoms with Crippen molar-refractivity contribution in [1.29, 1.82) is 0 Å². The van der Waals surface area contributed by atoms with Gasteiger partial charge in [0.1, 0.15) is 16.4 Å². The molecule has 6 nitrogen and oxygen atoms in total. The van der Waals surface area contributed by atoms with Gasteiger partial charge in [-0.15, -0.1) is 0 Å². The summed E-state index contributed by atoms with van der Waals surface area (Å²) in [6.07, 6.45) is -1.17.